The van der Waals surface area contributed by atoms with Gasteiger partial charge in [-0.15, -0.1) is 0 Å². The molecule has 0 radical (unpaired) electrons. The summed E-state index contributed by atoms with van der Waals surface area (Å²) in [5.41, 5.74) is 4.03. The molecule has 0 spiro atoms. The predicted octanol–water partition coefficient (Wildman–Crippen LogP) is 2.48. The van der Waals surface area contributed by atoms with Crippen LogP contribution in [0.5, 0.6) is 5.75 Å². The summed E-state index contributed by atoms with van der Waals surface area (Å²) in [6, 6.07) is 7.97. The summed E-state index contributed by atoms with van der Waals surface area (Å²) in [4.78, 5) is 14.3. The fraction of sp³-hybridized carbons (Fsp3) is 0.400. The summed E-state index contributed by atoms with van der Waals surface area (Å²) in [6.07, 6.45) is 3.39. The molecule has 1 atom stereocenters. The molecule has 0 saturated carbocycles. The molecule has 0 saturated heterocycles. The second-order valence-corrected chi connectivity index (χ2v) is 6.54. The van der Waals surface area contributed by atoms with Crippen molar-refractivity contribution in [2.75, 3.05) is 27.7 Å². The van der Waals surface area contributed by atoms with Crippen molar-refractivity contribution in [1.29, 1.82) is 0 Å². The van der Waals surface area contributed by atoms with E-state index in [0.717, 1.165) is 28.3 Å². The number of hydrogen-bond acceptors (Lipinski definition) is 4. The SMILES string of the molecule is COc1cccc(C(CNC(=O)/C=C/c2c(C)nn(C)c2C)N(C)C)c1. The van der Waals surface area contributed by atoms with E-state index in [0.29, 0.717) is 6.54 Å². The van der Waals surface area contributed by atoms with Crippen LogP contribution in [0.25, 0.3) is 6.08 Å². The number of carbonyl (C=O) groups excluding carboxylic acids is 1. The third-order valence-electron chi connectivity index (χ3n) is 4.54. The minimum absolute atomic E-state index is 0.0596. The molecule has 0 aliphatic heterocycles. The van der Waals surface area contributed by atoms with E-state index >= 15 is 0 Å². The van der Waals surface area contributed by atoms with Crippen LogP contribution >= 0.6 is 0 Å². The molecular formula is C20H28N4O2. The lowest BCUT2D eigenvalue weighted by Gasteiger charge is -2.25. The number of amides is 1. The number of ether oxygens (including phenoxy) is 1. The van der Waals surface area contributed by atoms with Crippen LogP contribution in [0.2, 0.25) is 0 Å². The molecule has 1 aromatic heterocycles. The van der Waals surface area contributed by atoms with Gasteiger partial charge in [0.2, 0.25) is 5.91 Å². The summed E-state index contributed by atoms with van der Waals surface area (Å²) in [5, 5.41) is 7.34. The van der Waals surface area contributed by atoms with E-state index in [2.05, 4.69) is 15.3 Å². The van der Waals surface area contributed by atoms with Gasteiger partial charge < -0.3 is 15.0 Å². The van der Waals surface area contributed by atoms with E-state index in [1.807, 2.05) is 70.0 Å². The number of carbonyl (C=O) groups is 1. The average molecular weight is 356 g/mol. The molecule has 140 valence electrons. The highest BCUT2D eigenvalue weighted by molar-refractivity contribution is 5.92. The Kier molecular flexibility index (Phi) is 6.58. The molecule has 2 rings (SSSR count). The Bertz CT molecular complexity index is 793. The van der Waals surface area contributed by atoms with Crippen molar-refractivity contribution < 1.29 is 9.53 Å². The van der Waals surface area contributed by atoms with E-state index < -0.39 is 0 Å². The molecule has 1 aromatic carbocycles. The highest BCUT2D eigenvalue weighted by Gasteiger charge is 2.15. The van der Waals surface area contributed by atoms with E-state index in [1.165, 1.54) is 0 Å². The molecule has 6 nitrogen and oxygen atoms in total. The largest absolute Gasteiger partial charge is 0.497 e. The van der Waals surface area contributed by atoms with Crippen LogP contribution in [0.4, 0.5) is 0 Å². The van der Waals surface area contributed by atoms with E-state index in [4.69, 9.17) is 4.74 Å². The zero-order valence-corrected chi connectivity index (χ0v) is 16.4. The third kappa shape index (κ3) is 4.73. The number of aromatic nitrogens is 2. The minimum Gasteiger partial charge on any atom is -0.497 e. The Balaban J connectivity index is 2.04. The lowest BCUT2D eigenvalue weighted by molar-refractivity contribution is -0.116. The van der Waals surface area contributed by atoms with Gasteiger partial charge in [-0.3, -0.25) is 9.48 Å². The molecule has 1 amide bonds. The van der Waals surface area contributed by atoms with Crippen molar-refractivity contribution >= 4 is 12.0 Å². The molecule has 0 bridgehead atoms. The van der Waals surface area contributed by atoms with Crippen LogP contribution in [-0.2, 0) is 11.8 Å². The summed E-state index contributed by atoms with van der Waals surface area (Å²) < 4.78 is 7.11. The standard InChI is InChI=1S/C20H28N4O2/c1-14-18(15(2)24(5)22-14)10-11-20(25)21-13-19(23(3)4)16-8-7-9-17(12-16)26-6/h7-12,19H,13H2,1-6H3,(H,21,25)/b11-10+. The number of likely N-dealkylation sites (N-methyl/N-ethyl adjacent to an activating group) is 1. The number of rotatable bonds is 7. The number of nitrogens with one attached hydrogen (secondary N) is 1. The van der Waals surface area contributed by atoms with Crippen molar-refractivity contribution in [2.24, 2.45) is 7.05 Å². The number of methoxy groups -OCH3 is 1. The molecule has 2 aromatic rings. The second kappa shape index (κ2) is 8.67. The molecule has 1 unspecified atom stereocenters. The highest BCUT2D eigenvalue weighted by Crippen LogP contribution is 2.22. The number of hydrogen-bond donors (Lipinski definition) is 1. The number of aryl methyl sites for hydroxylation is 2. The first kappa shape index (κ1) is 19.7. The average Bonchev–Trinajstić information content (AvgIpc) is 2.85. The van der Waals surface area contributed by atoms with Gasteiger partial charge in [-0.25, -0.2) is 0 Å². The Morgan fingerprint density at radius 3 is 2.69 bits per heavy atom. The maximum atomic E-state index is 12.3. The summed E-state index contributed by atoms with van der Waals surface area (Å²) in [7, 11) is 7.54. The second-order valence-electron chi connectivity index (χ2n) is 6.54. The van der Waals surface area contributed by atoms with E-state index in [9.17, 15) is 4.79 Å². The van der Waals surface area contributed by atoms with E-state index in [-0.39, 0.29) is 11.9 Å². The summed E-state index contributed by atoms with van der Waals surface area (Å²) >= 11 is 0. The van der Waals surface area contributed by atoms with Crippen LogP contribution in [-0.4, -0.2) is 48.3 Å². The van der Waals surface area contributed by atoms with Crippen LogP contribution in [0, 0.1) is 13.8 Å². The molecule has 1 N–H and O–H groups in total. The van der Waals surface area contributed by atoms with Crippen LogP contribution < -0.4 is 10.1 Å². The zero-order valence-electron chi connectivity index (χ0n) is 16.4. The normalized spacial score (nSPS) is 12.6. The first-order valence-corrected chi connectivity index (χ1v) is 8.60. The molecule has 0 aliphatic rings. The molecule has 1 heterocycles. The van der Waals surface area contributed by atoms with E-state index in [1.54, 1.807) is 13.2 Å². The highest BCUT2D eigenvalue weighted by atomic mass is 16.5. The Hall–Kier alpha value is -2.60. The maximum absolute atomic E-state index is 12.3. The lowest BCUT2D eigenvalue weighted by atomic mass is 10.1. The topological polar surface area (TPSA) is 59.4 Å². The smallest absolute Gasteiger partial charge is 0.244 e. The van der Waals surface area contributed by atoms with Gasteiger partial charge in [0.15, 0.2) is 0 Å². The zero-order chi connectivity index (χ0) is 19.3. The minimum atomic E-state index is -0.123. The van der Waals surface area contributed by atoms with Crippen molar-refractivity contribution in [3.05, 3.63) is 52.9 Å². The summed E-state index contributed by atoms with van der Waals surface area (Å²) in [6.45, 7) is 4.44. The predicted molar refractivity (Wildman–Crippen MR) is 104 cm³/mol. The van der Waals surface area contributed by atoms with Crippen molar-refractivity contribution in [3.8, 4) is 5.75 Å². The van der Waals surface area contributed by atoms with Gasteiger partial charge in [-0.2, -0.15) is 5.10 Å². The van der Waals surface area contributed by atoms with Gasteiger partial charge in [0.05, 0.1) is 18.8 Å². The fourth-order valence-corrected chi connectivity index (χ4v) is 2.89. The molecule has 0 aliphatic carbocycles. The Morgan fingerprint density at radius 2 is 2.12 bits per heavy atom. The maximum Gasteiger partial charge on any atom is 0.244 e. The molecule has 0 fully saturated rings. The van der Waals surface area contributed by atoms with Gasteiger partial charge in [-0.1, -0.05) is 12.1 Å². The van der Waals surface area contributed by atoms with Crippen LogP contribution in [0.3, 0.4) is 0 Å². The van der Waals surface area contributed by atoms with Gasteiger partial charge in [0, 0.05) is 30.9 Å². The first-order valence-electron chi connectivity index (χ1n) is 8.60. The first-order chi connectivity index (χ1) is 12.3. The lowest BCUT2D eigenvalue weighted by Crippen LogP contribution is -2.33. The van der Waals surface area contributed by atoms with Crippen LogP contribution in [0.15, 0.2) is 30.3 Å². The molecular weight excluding hydrogens is 328 g/mol. The van der Waals surface area contributed by atoms with Crippen molar-refractivity contribution in [3.63, 3.8) is 0 Å². The number of benzene rings is 1. The fourth-order valence-electron chi connectivity index (χ4n) is 2.89. The molecule has 6 heteroatoms. The van der Waals surface area contributed by atoms with Gasteiger partial charge >= 0.3 is 0 Å². The van der Waals surface area contributed by atoms with Crippen molar-refractivity contribution in [2.45, 2.75) is 19.9 Å². The van der Waals surface area contributed by atoms with Gasteiger partial charge in [0.25, 0.3) is 0 Å². The van der Waals surface area contributed by atoms with Crippen molar-refractivity contribution in [1.82, 2.24) is 20.0 Å². The monoisotopic (exact) mass is 356 g/mol. The quantitative estimate of drug-likeness (QED) is 0.775. The Morgan fingerprint density at radius 1 is 1.38 bits per heavy atom. The van der Waals surface area contributed by atoms with Crippen LogP contribution in [0.1, 0.15) is 28.6 Å². The third-order valence-corrected chi connectivity index (χ3v) is 4.54. The number of nitrogens with zero attached hydrogens (tertiary/aromatic N) is 3. The van der Waals surface area contributed by atoms with Gasteiger partial charge in [0.1, 0.15) is 5.75 Å². The summed E-state index contributed by atoms with van der Waals surface area (Å²) in [5.74, 6) is 0.686. The van der Waals surface area contributed by atoms with Gasteiger partial charge in [-0.05, 0) is 51.7 Å². The Labute approximate surface area is 155 Å². The molecule has 26 heavy (non-hydrogen) atoms.